The smallest absolute Gasteiger partial charge is 0.306 e. The van der Waals surface area contributed by atoms with Crippen LogP contribution in [0.1, 0.15) is 45.4 Å². The standard InChI is InChI=1S/C14H23F3N4/c1-10(2)8-21-13(19-9-20-21)7-18-12-6-4-3-5-11(12)14(15,16)17/h9-12,18H,3-8H2,1-2H3/t11-,12-/m0/s1. The van der Waals surface area contributed by atoms with Crippen molar-refractivity contribution in [3.63, 3.8) is 0 Å². The Balaban J connectivity index is 1.96. The summed E-state index contributed by atoms with van der Waals surface area (Å²) in [7, 11) is 0. The van der Waals surface area contributed by atoms with Gasteiger partial charge < -0.3 is 5.32 Å². The first-order valence-corrected chi connectivity index (χ1v) is 7.54. The van der Waals surface area contributed by atoms with Gasteiger partial charge in [0, 0.05) is 12.6 Å². The molecule has 0 bridgehead atoms. The zero-order chi connectivity index (χ0) is 15.5. The fourth-order valence-electron chi connectivity index (χ4n) is 2.91. The van der Waals surface area contributed by atoms with E-state index in [1.54, 1.807) is 4.68 Å². The number of alkyl halides is 3. The lowest BCUT2D eigenvalue weighted by molar-refractivity contribution is -0.189. The first-order chi connectivity index (χ1) is 9.88. The quantitative estimate of drug-likeness (QED) is 0.908. The summed E-state index contributed by atoms with van der Waals surface area (Å²) in [6.45, 7) is 5.20. The minimum atomic E-state index is -4.12. The van der Waals surface area contributed by atoms with Gasteiger partial charge in [0.05, 0.1) is 12.5 Å². The molecule has 0 spiro atoms. The van der Waals surface area contributed by atoms with E-state index in [9.17, 15) is 13.2 Å². The molecule has 1 saturated carbocycles. The summed E-state index contributed by atoms with van der Waals surface area (Å²) in [4.78, 5) is 4.15. The summed E-state index contributed by atoms with van der Waals surface area (Å²) in [5, 5.41) is 7.18. The van der Waals surface area contributed by atoms with Gasteiger partial charge in [-0.05, 0) is 18.8 Å². The van der Waals surface area contributed by atoms with Crippen LogP contribution in [0.3, 0.4) is 0 Å². The molecule has 7 heteroatoms. The van der Waals surface area contributed by atoms with Crippen LogP contribution in [0.2, 0.25) is 0 Å². The maximum Gasteiger partial charge on any atom is 0.393 e. The largest absolute Gasteiger partial charge is 0.393 e. The molecule has 0 unspecified atom stereocenters. The molecule has 0 saturated heterocycles. The lowest BCUT2D eigenvalue weighted by atomic mass is 9.84. The van der Waals surface area contributed by atoms with Crippen molar-refractivity contribution < 1.29 is 13.2 Å². The van der Waals surface area contributed by atoms with Gasteiger partial charge in [0.1, 0.15) is 12.2 Å². The average Bonchev–Trinajstić information content (AvgIpc) is 2.82. The topological polar surface area (TPSA) is 42.7 Å². The van der Waals surface area contributed by atoms with Gasteiger partial charge in [-0.1, -0.05) is 26.7 Å². The maximum absolute atomic E-state index is 13.0. The third-order valence-electron chi connectivity index (χ3n) is 3.94. The summed E-state index contributed by atoms with van der Waals surface area (Å²) in [6, 6.07) is -0.511. The van der Waals surface area contributed by atoms with E-state index >= 15 is 0 Å². The van der Waals surface area contributed by atoms with Crippen molar-refractivity contribution in [1.82, 2.24) is 20.1 Å². The first kappa shape index (κ1) is 16.3. The van der Waals surface area contributed by atoms with E-state index in [1.807, 2.05) is 0 Å². The normalized spacial score (nSPS) is 23.7. The number of hydrogen-bond donors (Lipinski definition) is 1. The van der Waals surface area contributed by atoms with Crippen molar-refractivity contribution in [2.24, 2.45) is 11.8 Å². The second-order valence-corrected chi connectivity index (χ2v) is 6.17. The van der Waals surface area contributed by atoms with Crippen LogP contribution in [0, 0.1) is 11.8 Å². The number of rotatable bonds is 5. The van der Waals surface area contributed by atoms with Gasteiger partial charge in [-0.15, -0.1) is 0 Å². The highest BCUT2D eigenvalue weighted by molar-refractivity contribution is 4.90. The molecule has 1 fully saturated rings. The van der Waals surface area contributed by atoms with Crippen LogP contribution < -0.4 is 5.32 Å². The Bertz CT molecular complexity index is 442. The molecule has 1 N–H and O–H groups in total. The Kier molecular flexibility index (Phi) is 5.24. The molecule has 0 radical (unpaired) electrons. The Morgan fingerprint density at radius 3 is 2.71 bits per heavy atom. The Morgan fingerprint density at radius 2 is 2.05 bits per heavy atom. The van der Waals surface area contributed by atoms with E-state index in [0.29, 0.717) is 31.1 Å². The fraction of sp³-hybridized carbons (Fsp3) is 0.857. The highest BCUT2D eigenvalue weighted by Crippen LogP contribution is 2.37. The Labute approximate surface area is 123 Å². The van der Waals surface area contributed by atoms with Crippen LogP contribution in [0.25, 0.3) is 0 Å². The monoisotopic (exact) mass is 304 g/mol. The van der Waals surface area contributed by atoms with E-state index in [2.05, 4.69) is 29.2 Å². The molecule has 120 valence electrons. The van der Waals surface area contributed by atoms with Crippen molar-refractivity contribution in [3.05, 3.63) is 12.2 Å². The average molecular weight is 304 g/mol. The van der Waals surface area contributed by atoms with Crippen LogP contribution in [0.4, 0.5) is 13.2 Å². The van der Waals surface area contributed by atoms with E-state index in [-0.39, 0.29) is 6.42 Å². The molecule has 1 heterocycles. The number of hydrogen-bond acceptors (Lipinski definition) is 3. The van der Waals surface area contributed by atoms with Gasteiger partial charge in [0.15, 0.2) is 0 Å². The lowest BCUT2D eigenvalue weighted by Gasteiger charge is -2.33. The Morgan fingerprint density at radius 1 is 1.33 bits per heavy atom. The summed E-state index contributed by atoms with van der Waals surface area (Å²) >= 11 is 0. The molecule has 1 aromatic heterocycles. The van der Waals surface area contributed by atoms with Gasteiger partial charge in [-0.3, -0.25) is 0 Å². The molecule has 21 heavy (non-hydrogen) atoms. The highest BCUT2D eigenvalue weighted by atomic mass is 19.4. The summed E-state index contributed by atoms with van der Waals surface area (Å²) in [6.07, 6.45) is -0.359. The molecule has 0 amide bonds. The summed E-state index contributed by atoms with van der Waals surface area (Å²) in [5.41, 5.74) is 0. The van der Waals surface area contributed by atoms with E-state index in [4.69, 9.17) is 0 Å². The minimum absolute atomic E-state index is 0.222. The minimum Gasteiger partial charge on any atom is -0.306 e. The molecule has 1 aromatic rings. The number of halogens is 3. The molecule has 1 aliphatic rings. The zero-order valence-corrected chi connectivity index (χ0v) is 12.5. The third-order valence-corrected chi connectivity index (χ3v) is 3.94. The maximum atomic E-state index is 13.0. The van der Waals surface area contributed by atoms with Gasteiger partial charge in [0.2, 0.25) is 0 Å². The van der Waals surface area contributed by atoms with Crippen molar-refractivity contribution in [2.75, 3.05) is 0 Å². The molecule has 0 aromatic carbocycles. The van der Waals surface area contributed by atoms with Crippen LogP contribution in [0.15, 0.2) is 6.33 Å². The van der Waals surface area contributed by atoms with Gasteiger partial charge in [0.25, 0.3) is 0 Å². The predicted molar refractivity (Wildman–Crippen MR) is 73.5 cm³/mol. The summed E-state index contributed by atoms with van der Waals surface area (Å²) in [5.74, 6) is -0.119. The zero-order valence-electron chi connectivity index (χ0n) is 12.5. The SMILES string of the molecule is CC(C)Cn1ncnc1CN[C@H]1CCCC[C@@H]1C(F)(F)F. The second kappa shape index (κ2) is 6.77. The fourth-order valence-corrected chi connectivity index (χ4v) is 2.91. The predicted octanol–water partition coefficient (Wildman–Crippen LogP) is 3.14. The van der Waals surface area contributed by atoms with Gasteiger partial charge in [-0.2, -0.15) is 18.3 Å². The van der Waals surface area contributed by atoms with Crippen molar-refractivity contribution >= 4 is 0 Å². The van der Waals surface area contributed by atoms with Crippen molar-refractivity contribution in [1.29, 1.82) is 0 Å². The molecule has 2 atom stereocenters. The van der Waals surface area contributed by atoms with Crippen molar-refractivity contribution in [3.8, 4) is 0 Å². The Hall–Kier alpha value is -1.11. The van der Waals surface area contributed by atoms with Crippen LogP contribution in [0.5, 0.6) is 0 Å². The van der Waals surface area contributed by atoms with Gasteiger partial charge in [-0.25, -0.2) is 9.67 Å². The molecule has 2 rings (SSSR count). The number of nitrogens with one attached hydrogen (secondary N) is 1. The van der Waals surface area contributed by atoms with E-state index in [0.717, 1.165) is 13.0 Å². The van der Waals surface area contributed by atoms with Crippen LogP contribution in [-0.4, -0.2) is 27.0 Å². The second-order valence-electron chi connectivity index (χ2n) is 6.17. The molecular weight excluding hydrogens is 281 g/mol. The third kappa shape index (κ3) is 4.43. The highest BCUT2D eigenvalue weighted by Gasteiger charge is 2.45. The van der Waals surface area contributed by atoms with Gasteiger partial charge >= 0.3 is 6.18 Å². The number of nitrogens with zero attached hydrogens (tertiary/aromatic N) is 3. The van der Waals surface area contributed by atoms with E-state index < -0.39 is 18.1 Å². The molecule has 1 aliphatic carbocycles. The van der Waals surface area contributed by atoms with Crippen molar-refractivity contribution in [2.45, 2.75) is 64.8 Å². The lowest BCUT2D eigenvalue weighted by Crippen LogP contribution is -2.45. The first-order valence-electron chi connectivity index (χ1n) is 7.54. The van der Waals surface area contributed by atoms with Crippen LogP contribution in [-0.2, 0) is 13.1 Å². The van der Waals surface area contributed by atoms with Crippen LogP contribution >= 0.6 is 0 Å². The molecule has 0 aliphatic heterocycles. The summed E-state index contributed by atoms with van der Waals surface area (Å²) < 4.78 is 40.9. The number of aromatic nitrogens is 3. The molecule has 4 nitrogen and oxygen atoms in total. The van der Waals surface area contributed by atoms with E-state index in [1.165, 1.54) is 6.33 Å². The molecular formula is C14H23F3N4.